The molecule has 2 aromatic heterocycles. The zero-order valence-electron chi connectivity index (χ0n) is 17.6. The largest absolute Gasteiger partial charge is 0.504 e. The minimum absolute atomic E-state index is 0.0561. The molecular weight excluding hydrogens is 401 g/mol. The van der Waals surface area contributed by atoms with E-state index in [1.165, 1.54) is 25.3 Å². The number of hydrogen-bond acceptors (Lipinski definition) is 6. The Morgan fingerprint density at radius 3 is 2.52 bits per heavy atom. The number of likely N-dealkylation sites (N-methyl/N-ethyl adjacent to an activating group) is 2. The molecule has 0 spiro atoms. The lowest BCUT2D eigenvalue weighted by Crippen LogP contribution is -2.34. The number of pyridine rings is 2. The first kappa shape index (κ1) is 21.9. The molecule has 8 nitrogen and oxygen atoms in total. The molecule has 0 aliphatic heterocycles. The number of rotatable bonds is 7. The monoisotopic (exact) mass is 425 g/mol. The fourth-order valence-electron chi connectivity index (χ4n) is 2.99. The number of nitrogens with one attached hydrogen (secondary N) is 1. The van der Waals surface area contributed by atoms with Crippen LogP contribution in [0.15, 0.2) is 42.6 Å². The summed E-state index contributed by atoms with van der Waals surface area (Å²) in [6.45, 7) is 2.56. The van der Waals surface area contributed by atoms with Crippen molar-refractivity contribution in [2.45, 2.75) is 13.5 Å². The SMILES string of the molecule is CC(=O)N(C)CCN(C)c1nc(C(=O)NCc2ccc(F)cc2)c(O)c2ncccc12. The molecule has 1 aromatic carbocycles. The van der Waals surface area contributed by atoms with Gasteiger partial charge in [-0.15, -0.1) is 0 Å². The highest BCUT2D eigenvalue weighted by molar-refractivity contribution is 6.03. The topological polar surface area (TPSA) is 98.7 Å². The van der Waals surface area contributed by atoms with Crippen LogP contribution in [-0.2, 0) is 11.3 Å². The number of aromatic nitrogens is 2. The van der Waals surface area contributed by atoms with Gasteiger partial charge in [0.2, 0.25) is 5.91 Å². The molecule has 9 heteroatoms. The molecule has 162 valence electrons. The van der Waals surface area contributed by atoms with Gasteiger partial charge in [0.05, 0.1) is 0 Å². The van der Waals surface area contributed by atoms with Gasteiger partial charge in [0.25, 0.3) is 5.91 Å². The number of anilines is 1. The van der Waals surface area contributed by atoms with Crippen LogP contribution in [0.2, 0.25) is 0 Å². The predicted molar refractivity (Wildman–Crippen MR) is 115 cm³/mol. The van der Waals surface area contributed by atoms with Gasteiger partial charge in [0.15, 0.2) is 11.4 Å². The number of nitrogens with zero attached hydrogens (tertiary/aromatic N) is 4. The molecule has 0 radical (unpaired) electrons. The van der Waals surface area contributed by atoms with E-state index in [0.717, 1.165) is 0 Å². The number of carbonyl (C=O) groups is 2. The highest BCUT2D eigenvalue weighted by Crippen LogP contribution is 2.32. The summed E-state index contributed by atoms with van der Waals surface area (Å²) in [6.07, 6.45) is 1.52. The van der Waals surface area contributed by atoms with Gasteiger partial charge in [0, 0.05) is 52.2 Å². The molecule has 31 heavy (non-hydrogen) atoms. The van der Waals surface area contributed by atoms with Crippen molar-refractivity contribution in [1.82, 2.24) is 20.2 Å². The normalized spacial score (nSPS) is 10.7. The Labute approximate surface area is 179 Å². The van der Waals surface area contributed by atoms with Crippen molar-refractivity contribution >= 4 is 28.5 Å². The standard InChI is InChI=1S/C22H24FN5O3/c1-14(29)27(2)11-12-28(3)21-17-5-4-10-24-18(17)20(30)19(26-21)22(31)25-13-15-6-8-16(23)9-7-15/h4-10,30H,11-13H2,1-3H3,(H,25,31). The molecule has 0 aliphatic carbocycles. The maximum absolute atomic E-state index is 13.1. The molecule has 0 bridgehead atoms. The molecule has 0 unspecified atom stereocenters. The van der Waals surface area contributed by atoms with E-state index in [-0.39, 0.29) is 35.2 Å². The molecule has 2 N–H and O–H groups in total. The van der Waals surface area contributed by atoms with Gasteiger partial charge in [-0.1, -0.05) is 12.1 Å². The number of carbonyl (C=O) groups excluding carboxylic acids is 2. The summed E-state index contributed by atoms with van der Waals surface area (Å²) in [5.41, 5.74) is 0.805. The number of fused-ring (bicyclic) bond motifs is 1. The molecular formula is C22H24FN5O3. The summed E-state index contributed by atoms with van der Waals surface area (Å²) in [7, 11) is 3.49. The van der Waals surface area contributed by atoms with E-state index in [2.05, 4.69) is 15.3 Å². The van der Waals surface area contributed by atoms with Crippen molar-refractivity contribution in [2.24, 2.45) is 0 Å². The van der Waals surface area contributed by atoms with Crippen molar-refractivity contribution in [2.75, 3.05) is 32.1 Å². The van der Waals surface area contributed by atoms with Crippen LogP contribution in [0.3, 0.4) is 0 Å². The van der Waals surface area contributed by atoms with Crippen molar-refractivity contribution in [3.8, 4) is 5.75 Å². The van der Waals surface area contributed by atoms with E-state index in [0.29, 0.717) is 29.9 Å². The fourth-order valence-corrected chi connectivity index (χ4v) is 2.99. The number of aromatic hydroxyl groups is 1. The average molecular weight is 425 g/mol. The first-order chi connectivity index (χ1) is 14.8. The molecule has 3 rings (SSSR count). The van der Waals surface area contributed by atoms with Gasteiger partial charge in [-0.05, 0) is 29.8 Å². The zero-order chi connectivity index (χ0) is 22.5. The minimum Gasteiger partial charge on any atom is -0.504 e. The Hall–Kier alpha value is -3.75. The fraction of sp³-hybridized carbons (Fsp3) is 0.273. The number of amides is 2. The summed E-state index contributed by atoms with van der Waals surface area (Å²) >= 11 is 0. The van der Waals surface area contributed by atoms with Crippen LogP contribution in [0.5, 0.6) is 5.75 Å². The maximum atomic E-state index is 13.1. The van der Waals surface area contributed by atoms with Gasteiger partial charge in [-0.2, -0.15) is 0 Å². The molecule has 0 atom stereocenters. The van der Waals surface area contributed by atoms with E-state index in [4.69, 9.17) is 0 Å². The molecule has 3 aromatic rings. The Morgan fingerprint density at radius 1 is 1.13 bits per heavy atom. The second-order valence-electron chi connectivity index (χ2n) is 7.20. The van der Waals surface area contributed by atoms with Crippen LogP contribution >= 0.6 is 0 Å². The number of benzene rings is 1. The lowest BCUT2D eigenvalue weighted by atomic mass is 10.1. The summed E-state index contributed by atoms with van der Waals surface area (Å²) in [5, 5.41) is 13.9. The van der Waals surface area contributed by atoms with Gasteiger partial charge in [0.1, 0.15) is 17.2 Å². The average Bonchev–Trinajstić information content (AvgIpc) is 2.77. The van der Waals surface area contributed by atoms with Crippen LogP contribution < -0.4 is 10.2 Å². The maximum Gasteiger partial charge on any atom is 0.274 e. The van der Waals surface area contributed by atoms with Gasteiger partial charge in [-0.3, -0.25) is 14.6 Å². The van der Waals surface area contributed by atoms with E-state index >= 15 is 0 Å². The molecule has 0 fully saturated rings. The zero-order valence-corrected chi connectivity index (χ0v) is 17.6. The smallest absolute Gasteiger partial charge is 0.274 e. The van der Waals surface area contributed by atoms with Crippen molar-refractivity contribution in [1.29, 1.82) is 0 Å². The summed E-state index contributed by atoms with van der Waals surface area (Å²) < 4.78 is 13.1. The highest BCUT2D eigenvalue weighted by atomic mass is 19.1. The molecule has 2 amide bonds. The van der Waals surface area contributed by atoms with E-state index < -0.39 is 5.91 Å². The minimum atomic E-state index is -0.579. The summed E-state index contributed by atoms with van der Waals surface area (Å²) in [4.78, 5) is 36.3. The lowest BCUT2D eigenvalue weighted by Gasteiger charge is -2.24. The predicted octanol–water partition coefficient (Wildman–Crippen LogP) is 2.32. The third-order valence-electron chi connectivity index (χ3n) is 4.97. The second kappa shape index (κ2) is 9.38. The van der Waals surface area contributed by atoms with E-state index in [1.54, 1.807) is 48.2 Å². The van der Waals surface area contributed by atoms with E-state index in [9.17, 15) is 19.1 Å². The van der Waals surface area contributed by atoms with E-state index in [1.807, 2.05) is 0 Å². The first-order valence-corrected chi connectivity index (χ1v) is 9.71. The molecule has 0 saturated carbocycles. The van der Waals surface area contributed by atoms with Crippen LogP contribution in [-0.4, -0.2) is 59.0 Å². The molecule has 2 heterocycles. The highest BCUT2D eigenvalue weighted by Gasteiger charge is 2.21. The van der Waals surface area contributed by atoms with Crippen molar-refractivity contribution in [3.63, 3.8) is 0 Å². The van der Waals surface area contributed by atoms with Gasteiger partial charge >= 0.3 is 0 Å². The summed E-state index contributed by atoms with van der Waals surface area (Å²) in [6, 6.07) is 9.22. The lowest BCUT2D eigenvalue weighted by molar-refractivity contribution is -0.127. The number of halogens is 1. The van der Waals surface area contributed by atoms with Gasteiger partial charge in [-0.25, -0.2) is 9.37 Å². The number of hydrogen-bond donors (Lipinski definition) is 2. The van der Waals surface area contributed by atoms with Crippen LogP contribution in [0, 0.1) is 5.82 Å². The van der Waals surface area contributed by atoms with Crippen molar-refractivity contribution < 1.29 is 19.1 Å². The third-order valence-corrected chi connectivity index (χ3v) is 4.97. The third kappa shape index (κ3) is 5.06. The summed E-state index contributed by atoms with van der Waals surface area (Å²) in [5.74, 6) is -0.850. The Kier molecular flexibility index (Phi) is 6.64. The quantitative estimate of drug-likeness (QED) is 0.603. The Bertz CT molecular complexity index is 1100. The van der Waals surface area contributed by atoms with Crippen LogP contribution in [0.25, 0.3) is 10.9 Å². The second-order valence-corrected chi connectivity index (χ2v) is 7.20. The van der Waals surface area contributed by atoms with Crippen LogP contribution in [0.4, 0.5) is 10.2 Å². The van der Waals surface area contributed by atoms with Gasteiger partial charge < -0.3 is 20.2 Å². The molecule has 0 saturated heterocycles. The Morgan fingerprint density at radius 2 is 1.84 bits per heavy atom. The first-order valence-electron chi connectivity index (χ1n) is 9.71. The van der Waals surface area contributed by atoms with Crippen molar-refractivity contribution in [3.05, 3.63) is 59.7 Å². The molecule has 0 aliphatic rings. The Balaban J connectivity index is 1.88. The van der Waals surface area contributed by atoms with Crippen LogP contribution in [0.1, 0.15) is 23.0 Å².